The zero-order valence-corrected chi connectivity index (χ0v) is 9.68. The SMILES string of the molecule is Cc1ccnc(SCC(O)CBr)n1. The summed E-state index contributed by atoms with van der Waals surface area (Å²) in [6, 6.07) is 1.85. The first-order chi connectivity index (χ1) is 6.22. The number of hydrogen-bond acceptors (Lipinski definition) is 4. The summed E-state index contributed by atoms with van der Waals surface area (Å²) in [6.07, 6.45) is 1.39. The Morgan fingerprint density at radius 3 is 3.08 bits per heavy atom. The van der Waals surface area contributed by atoms with Crippen LogP contribution in [0.3, 0.4) is 0 Å². The topological polar surface area (TPSA) is 46.0 Å². The number of rotatable bonds is 4. The lowest BCUT2D eigenvalue weighted by Gasteiger charge is -2.04. The predicted octanol–water partition coefficient (Wildman–Crippen LogP) is 1.63. The van der Waals surface area contributed by atoms with Crippen molar-refractivity contribution in [2.45, 2.75) is 18.2 Å². The highest BCUT2D eigenvalue weighted by molar-refractivity contribution is 9.09. The number of thioether (sulfide) groups is 1. The number of nitrogens with zero attached hydrogens (tertiary/aromatic N) is 2. The van der Waals surface area contributed by atoms with Gasteiger partial charge < -0.3 is 5.11 Å². The van der Waals surface area contributed by atoms with Crippen LogP contribution in [0.2, 0.25) is 0 Å². The summed E-state index contributed by atoms with van der Waals surface area (Å²) in [7, 11) is 0. The molecule has 1 aromatic rings. The largest absolute Gasteiger partial charge is 0.391 e. The molecule has 0 saturated carbocycles. The summed E-state index contributed by atoms with van der Waals surface area (Å²) in [5.74, 6) is 0.620. The number of aromatic nitrogens is 2. The maximum Gasteiger partial charge on any atom is 0.187 e. The van der Waals surface area contributed by atoms with E-state index in [2.05, 4.69) is 25.9 Å². The first kappa shape index (κ1) is 10.9. The molecule has 5 heteroatoms. The molecule has 1 heterocycles. The molecule has 0 bridgehead atoms. The van der Waals surface area contributed by atoms with Crippen molar-refractivity contribution in [3.8, 4) is 0 Å². The van der Waals surface area contributed by atoms with E-state index < -0.39 is 0 Å². The summed E-state index contributed by atoms with van der Waals surface area (Å²) in [4.78, 5) is 8.28. The van der Waals surface area contributed by atoms with E-state index in [1.54, 1.807) is 6.20 Å². The van der Waals surface area contributed by atoms with Gasteiger partial charge in [-0.05, 0) is 13.0 Å². The average Bonchev–Trinajstić information content (AvgIpc) is 2.14. The Balaban J connectivity index is 2.45. The second-order valence-electron chi connectivity index (χ2n) is 2.60. The molecule has 1 rings (SSSR count). The van der Waals surface area contributed by atoms with Gasteiger partial charge in [0.05, 0.1) is 6.10 Å². The number of halogens is 1. The normalized spacial score (nSPS) is 12.8. The lowest BCUT2D eigenvalue weighted by atomic mass is 10.5. The number of alkyl halides is 1. The van der Waals surface area contributed by atoms with E-state index in [9.17, 15) is 5.11 Å². The van der Waals surface area contributed by atoms with Crippen LogP contribution in [0.15, 0.2) is 17.4 Å². The second-order valence-corrected chi connectivity index (χ2v) is 4.23. The number of hydrogen-bond donors (Lipinski definition) is 1. The van der Waals surface area contributed by atoms with Crippen LogP contribution in [-0.4, -0.2) is 32.3 Å². The van der Waals surface area contributed by atoms with Gasteiger partial charge in [-0.2, -0.15) is 0 Å². The first-order valence-electron chi connectivity index (χ1n) is 3.89. The molecule has 1 unspecified atom stereocenters. The monoisotopic (exact) mass is 262 g/mol. The van der Waals surface area contributed by atoms with E-state index >= 15 is 0 Å². The van der Waals surface area contributed by atoms with Gasteiger partial charge in [0, 0.05) is 23.0 Å². The Morgan fingerprint density at radius 2 is 2.46 bits per heavy atom. The molecular weight excluding hydrogens is 252 g/mol. The number of aliphatic hydroxyl groups excluding tert-OH is 1. The van der Waals surface area contributed by atoms with Gasteiger partial charge in [0.2, 0.25) is 0 Å². The first-order valence-corrected chi connectivity index (χ1v) is 5.99. The van der Waals surface area contributed by atoms with Gasteiger partial charge in [0.15, 0.2) is 5.16 Å². The third-order valence-electron chi connectivity index (χ3n) is 1.36. The van der Waals surface area contributed by atoms with E-state index in [-0.39, 0.29) is 6.10 Å². The highest BCUT2D eigenvalue weighted by atomic mass is 79.9. The summed E-state index contributed by atoms with van der Waals surface area (Å²) in [5, 5.41) is 10.6. The molecule has 0 aliphatic heterocycles. The fourth-order valence-electron chi connectivity index (χ4n) is 0.711. The molecule has 0 aliphatic rings. The Hall–Kier alpha value is -0.130. The fraction of sp³-hybridized carbons (Fsp3) is 0.500. The minimum atomic E-state index is -0.339. The van der Waals surface area contributed by atoms with Crippen molar-refractivity contribution < 1.29 is 5.11 Å². The Labute approximate surface area is 90.1 Å². The van der Waals surface area contributed by atoms with Crippen LogP contribution in [0.4, 0.5) is 0 Å². The molecular formula is C8H11BrN2OS. The molecule has 0 aromatic carbocycles. The standard InChI is InChI=1S/C8H11BrN2OS/c1-6-2-3-10-8(11-6)13-5-7(12)4-9/h2-3,7,12H,4-5H2,1H3. The highest BCUT2D eigenvalue weighted by Gasteiger charge is 2.04. The van der Waals surface area contributed by atoms with Crippen molar-refractivity contribution >= 4 is 27.7 Å². The Bertz CT molecular complexity index is 272. The lowest BCUT2D eigenvalue weighted by molar-refractivity contribution is 0.226. The van der Waals surface area contributed by atoms with Gasteiger partial charge in [0.1, 0.15) is 0 Å². The van der Waals surface area contributed by atoms with Crippen molar-refractivity contribution in [1.82, 2.24) is 9.97 Å². The Morgan fingerprint density at radius 1 is 1.69 bits per heavy atom. The van der Waals surface area contributed by atoms with Crippen LogP contribution in [0, 0.1) is 6.92 Å². The second kappa shape index (κ2) is 5.57. The molecule has 3 nitrogen and oxygen atoms in total. The van der Waals surface area contributed by atoms with Gasteiger partial charge in [-0.3, -0.25) is 0 Å². The van der Waals surface area contributed by atoms with Crippen molar-refractivity contribution in [2.75, 3.05) is 11.1 Å². The minimum Gasteiger partial charge on any atom is -0.391 e. The molecule has 0 fully saturated rings. The molecule has 0 spiro atoms. The summed E-state index contributed by atoms with van der Waals surface area (Å²) < 4.78 is 0. The molecule has 0 aliphatic carbocycles. The van der Waals surface area contributed by atoms with Crippen LogP contribution in [0.1, 0.15) is 5.69 Å². The third-order valence-corrected chi connectivity index (χ3v) is 3.11. The van der Waals surface area contributed by atoms with Crippen LogP contribution in [0.5, 0.6) is 0 Å². The number of aliphatic hydroxyl groups is 1. The zero-order valence-electron chi connectivity index (χ0n) is 7.27. The van der Waals surface area contributed by atoms with Crippen LogP contribution >= 0.6 is 27.7 Å². The summed E-state index contributed by atoms with van der Waals surface area (Å²) in [6.45, 7) is 1.92. The lowest BCUT2D eigenvalue weighted by Crippen LogP contribution is -2.11. The predicted molar refractivity (Wildman–Crippen MR) is 57.3 cm³/mol. The smallest absolute Gasteiger partial charge is 0.187 e. The van der Waals surface area contributed by atoms with Crippen molar-refractivity contribution in [3.05, 3.63) is 18.0 Å². The summed E-state index contributed by atoms with van der Waals surface area (Å²) >= 11 is 4.66. The van der Waals surface area contributed by atoms with Gasteiger partial charge in [-0.25, -0.2) is 9.97 Å². The average molecular weight is 263 g/mol. The van der Waals surface area contributed by atoms with Gasteiger partial charge in [-0.15, -0.1) is 0 Å². The van der Waals surface area contributed by atoms with E-state index in [1.807, 2.05) is 13.0 Å². The van der Waals surface area contributed by atoms with Crippen LogP contribution < -0.4 is 0 Å². The minimum absolute atomic E-state index is 0.339. The molecule has 1 aromatic heterocycles. The van der Waals surface area contributed by atoms with Crippen molar-refractivity contribution in [3.63, 3.8) is 0 Å². The van der Waals surface area contributed by atoms with E-state index in [1.165, 1.54) is 11.8 Å². The molecule has 72 valence electrons. The molecule has 13 heavy (non-hydrogen) atoms. The molecule has 1 atom stereocenters. The highest BCUT2D eigenvalue weighted by Crippen LogP contribution is 2.14. The fourth-order valence-corrected chi connectivity index (χ4v) is 2.05. The number of aryl methyl sites for hydroxylation is 1. The molecule has 0 radical (unpaired) electrons. The summed E-state index contributed by atoms with van der Waals surface area (Å²) in [5.41, 5.74) is 0.950. The van der Waals surface area contributed by atoms with Gasteiger partial charge in [-0.1, -0.05) is 27.7 Å². The van der Waals surface area contributed by atoms with E-state index in [0.717, 1.165) is 10.9 Å². The maximum absolute atomic E-state index is 9.27. The quantitative estimate of drug-likeness (QED) is 0.509. The van der Waals surface area contributed by atoms with E-state index in [4.69, 9.17) is 0 Å². The van der Waals surface area contributed by atoms with Crippen LogP contribution in [0.25, 0.3) is 0 Å². The third kappa shape index (κ3) is 4.06. The van der Waals surface area contributed by atoms with E-state index in [0.29, 0.717) is 11.1 Å². The van der Waals surface area contributed by atoms with Gasteiger partial charge >= 0.3 is 0 Å². The van der Waals surface area contributed by atoms with Crippen molar-refractivity contribution in [2.24, 2.45) is 0 Å². The molecule has 1 N–H and O–H groups in total. The maximum atomic E-state index is 9.27. The molecule has 0 amide bonds. The van der Waals surface area contributed by atoms with Crippen LogP contribution in [-0.2, 0) is 0 Å². The zero-order chi connectivity index (χ0) is 9.68. The Kier molecular flexibility index (Phi) is 4.69. The van der Waals surface area contributed by atoms with Gasteiger partial charge in [0.25, 0.3) is 0 Å². The molecule has 0 saturated heterocycles. The van der Waals surface area contributed by atoms with Crippen molar-refractivity contribution in [1.29, 1.82) is 0 Å².